The molecule has 0 aliphatic heterocycles. The molecule has 0 aliphatic rings. The molecule has 1 aromatic rings. The molecular weight excluding hydrogens is 603 g/mol. The third kappa shape index (κ3) is 41.4. The summed E-state index contributed by atoms with van der Waals surface area (Å²) in [6.07, 6.45) is 25.9. The van der Waals surface area contributed by atoms with Crippen molar-refractivity contribution in [3.05, 3.63) is 49.2 Å². The number of carbonyl (C=O) groups excluding carboxylic acids is 2. The van der Waals surface area contributed by atoms with Gasteiger partial charge < -0.3 is 19.8 Å². The van der Waals surface area contributed by atoms with Crippen LogP contribution in [0.5, 0.6) is 0 Å². The monoisotopic (exact) mass is 666 g/mol. The molecule has 1 aromatic carbocycles. The summed E-state index contributed by atoms with van der Waals surface area (Å²) in [7, 11) is 0. The Labute approximate surface area is 266 Å². The number of carboxylic acid groups (broad SMARTS) is 2. The van der Waals surface area contributed by atoms with Gasteiger partial charge in [0.2, 0.25) is 0 Å². The summed E-state index contributed by atoms with van der Waals surface area (Å²) in [6.45, 7) is 15.5. The maximum absolute atomic E-state index is 10.3. The van der Waals surface area contributed by atoms with Crippen molar-refractivity contribution in [1.82, 2.24) is 0 Å². The Kier molecular flexibility index (Phi) is 46.0. The largest absolute Gasteiger partial charge is 2.00 e. The molecule has 4 nitrogen and oxygen atoms in total. The molecule has 0 saturated heterocycles. The second kappa shape index (κ2) is 40.1. The van der Waals surface area contributed by atoms with Crippen LogP contribution in [0.25, 0.3) is 0 Å². The first-order valence-corrected chi connectivity index (χ1v) is 15.9. The van der Waals surface area contributed by atoms with Crippen molar-refractivity contribution in [1.29, 1.82) is 0 Å². The van der Waals surface area contributed by atoms with Gasteiger partial charge in [-0.2, -0.15) is 0 Å². The van der Waals surface area contributed by atoms with Gasteiger partial charge in [0.15, 0.2) is 0 Å². The Hall–Kier alpha value is -1.04. The SMILES string of the molecule is CCCCCCCCCCCCCCCCCCC(=O)[O-].Cc1ccccc1C(=O)[O-].[CH2]CCC.[CH2]CCC.[Sn+2]. The molecule has 4 radical (unpaired) electrons. The number of carboxylic acids is 2. The van der Waals surface area contributed by atoms with Crippen LogP contribution in [0.2, 0.25) is 0 Å². The second-order valence-electron chi connectivity index (χ2n) is 10.2. The summed E-state index contributed by atoms with van der Waals surface area (Å²) in [4.78, 5) is 20.5. The molecule has 0 saturated carbocycles. The molecule has 0 atom stereocenters. The third-order valence-electron chi connectivity index (χ3n) is 6.31. The van der Waals surface area contributed by atoms with E-state index in [0.29, 0.717) is 0 Å². The Balaban J connectivity index is -0.000000279. The molecular formula is C35H62O4Sn. The van der Waals surface area contributed by atoms with Crippen molar-refractivity contribution in [3.63, 3.8) is 0 Å². The zero-order valence-electron chi connectivity index (χ0n) is 26.7. The first-order chi connectivity index (χ1) is 18.8. The minimum Gasteiger partial charge on any atom is -0.550 e. The second-order valence-corrected chi connectivity index (χ2v) is 10.2. The Morgan fingerprint density at radius 2 is 0.925 bits per heavy atom. The molecule has 0 aliphatic carbocycles. The number of aromatic carboxylic acids is 1. The van der Waals surface area contributed by atoms with Gasteiger partial charge in [-0.3, -0.25) is 0 Å². The van der Waals surface area contributed by atoms with E-state index in [0.717, 1.165) is 31.2 Å². The standard InChI is InChI=1S/C19H38O2.C8H8O2.2C4H9.Sn/c1-2-3-4-5-6-7-8-9-10-11-12-13-14-15-16-17-18-19(20)21;1-6-4-2-3-5-7(6)8(9)10;2*1-3-4-2;/h2-18H2,1H3,(H,20,21);2-5H,1H3,(H,9,10);2*1,3-4H2,2H3;/q;;;;+2/p-2. The molecule has 0 N–H and O–H groups in total. The number of unbranched alkanes of at least 4 members (excludes halogenated alkanes) is 17. The van der Waals surface area contributed by atoms with E-state index in [1.165, 1.54) is 109 Å². The molecule has 5 heteroatoms. The predicted octanol–water partition coefficient (Wildman–Crippen LogP) is 8.61. The third-order valence-corrected chi connectivity index (χ3v) is 6.31. The minimum atomic E-state index is -1.11. The van der Waals surface area contributed by atoms with E-state index < -0.39 is 11.9 Å². The number of rotatable bonds is 20. The molecule has 0 aromatic heterocycles. The van der Waals surface area contributed by atoms with E-state index in [-0.39, 0.29) is 35.9 Å². The van der Waals surface area contributed by atoms with Crippen LogP contribution in [-0.4, -0.2) is 35.8 Å². The van der Waals surface area contributed by atoms with E-state index in [4.69, 9.17) is 0 Å². The van der Waals surface area contributed by atoms with Gasteiger partial charge in [-0.1, -0.05) is 181 Å². The van der Waals surface area contributed by atoms with Crippen LogP contribution in [-0.2, 0) is 4.79 Å². The van der Waals surface area contributed by atoms with E-state index in [2.05, 4.69) is 34.6 Å². The molecule has 0 bridgehead atoms. The molecule has 0 fully saturated rings. The summed E-state index contributed by atoms with van der Waals surface area (Å²) >= 11 is 0. The molecule has 0 heterocycles. The first-order valence-electron chi connectivity index (χ1n) is 15.9. The van der Waals surface area contributed by atoms with Gasteiger partial charge in [0.25, 0.3) is 0 Å². The summed E-state index contributed by atoms with van der Waals surface area (Å²) < 4.78 is 0. The number of aryl methyl sites for hydroxylation is 1. The summed E-state index contributed by atoms with van der Waals surface area (Å²) in [5, 5.41) is 20.5. The van der Waals surface area contributed by atoms with Crippen LogP contribution < -0.4 is 10.2 Å². The van der Waals surface area contributed by atoms with Crippen LogP contribution in [0.3, 0.4) is 0 Å². The number of benzene rings is 1. The average molecular weight is 666 g/mol. The Morgan fingerprint density at radius 3 is 1.18 bits per heavy atom. The van der Waals surface area contributed by atoms with Crippen LogP contribution in [0.1, 0.15) is 172 Å². The summed E-state index contributed by atoms with van der Waals surface area (Å²) in [6, 6.07) is 6.75. The van der Waals surface area contributed by atoms with E-state index in [1.807, 2.05) is 0 Å². The van der Waals surface area contributed by atoms with E-state index in [1.54, 1.807) is 25.1 Å². The van der Waals surface area contributed by atoms with Crippen LogP contribution in [0.4, 0.5) is 0 Å². The normalized spacial score (nSPS) is 9.55. The van der Waals surface area contributed by atoms with Crippen molar-refractivity contribution in [2.45, 2.75) is 163 Å². The quantitative estimate of drug-likeness (QED) is 0.103. The maximum atomic E-state index is 10.3. The molecule has 0 amide bonds. The van der Waals surface area contributed by atoms with Crippen LogP contribution in [0, 0.1) is 20.8 Å². The topological polar surface area (TPSA) is 80.3 Å². The van der Waals surface area contributed by atoms with Crippen molar-refractivity contribution in [2.24, 2.45) is 0 Å². The zero-order chi connectivity index (χ0) is 30.0. The van der Waals surface area contributed by atoms with E-state index in [9.17, 15) is 19.8 Å². The molecule has 40 heavy (non-hydrogen) atoms. The molecule has 0 spiro atoms. The number of aliphatic carboxylic acids is 1. The van der Waals surface area contributed by atoms with Gasteiger partial charge in [0.1, 0.15) is 0 Å². The van der Waals surface area contributed by atoms with Crippen LogP contribution in [0.15, 0.2) is 24.3 Å². The van der Waals surface area contributed by atoms with Crippen molar-refractivity contribution in [3.8, 4) is 0 Å². The molecule has 230 valence electrons. The van der Waals surface area contributed by atoms with Gasteiger partial charge in [-0.25, -0.2) is 0 Å². The van der Waals surface area contributed by atoms with Gasteiger partial charge in [-0.15, -0.1) is 0 Å². The maximum Gasteiger partial charge on any atom is 2.00 e. The van der Waals surface area contributed by atoms with E-state index >= 15 is 0 Å². The number of hydrogen-bond donors (Lipinski definition) is 0. The van der Waals surface area contributed by atoms with Crippen molar-refractivity contribution >= 4 is 35.8 Å². The predicted molar refractivity (Wildman–Crippen MR) is 171 cm³/mol. The minimum absolute atomic E-state index is 0. The fourth-order valence-electron chi connectivity index (χ4n) is 3.62. The fraction of sp³-hybridized carbons (Fsp3) is 0.714. The van der Waals surface area contributed by atoms with Gasteiger partial charge in [0, 0.05) is 11.5 Å². The number of carbonyl (C=O) groups is 2. The number of hydrogen-bond acceptors (Lipinski definition) is 4. The molecule has 1 rings (SSSR count). The van der Waals surface area contributed by atoms with Gasteiger partial charge >= 0.3 is 23.9 Å². The first kappa shape index (κ1) is 45.9. The molecule has 0 unspecified atom stereocenters. The fourth-order valence-corrected chi connectivity index (χ4v) is 3.62. The Morgan fingerprint density at radius 1 is 0.600 bits per heavy atom. The van der Waals surface area contributed by atoms with Gasteiger partial charge in [0.05, 0.1) is 5.97 Å². The van der Waals surface area contributed by atoms with Gasteiger partial charge in [-0.05, 0) is 25.3 Å². The van der Waals surface area contributed by atoms with Crippen molar-refractivity contribution < 1.29 is 19.8 Å². The summed E-state index contributed by atoms with van der Waals surface area (Å²) in [5.41, 5.74) is 1.00. The zero-order valence-corrected chi connectivity index (χ0v) is 29.6. The smallest absolute Gasteiger partial charge is 0.550 e. The van der Waals surface area contributed by atoms with Crippen LogP contribution >= 0.6 is 0 Å². The van der Waals surface area contributed by atoms with Crippen molar-refractivity contribution in [2.75, 3.05) is 0 Å². The average Bonchev–Trinajstić information content (AvgIpc) is 2.93. The Bertz CT molecular complexity index is 626. The summed E-state index contributed by atoms with van der Waals surface area (Å²) in [5.74, 6) is -2.02.